The van der Waals surface area contributed by atoms with E-state index >= 15 is 0 Å². The monoisotopic (exact) mass is 275 g/mol. The molecule has 6 heteroatoms. The lowest BCUT2D eigenvalue weighted by Gasteiger charge is -2.46. The zero-order valence-electron chi connectivity index (χ0n) is 10.7. The van der Waals surface area contributed by atoms with E-state index in [1.165, 1.54) is 6.26 Å². The van der Waals surface area contributed by atoms with E-state index in [0.29, 0.717) is 6.04 Å². The first-order valence-electron chi connectivity index (χ1n) is 6.51. The molecule has 2 aliphatic rings. The van der Waals surface area contributed by atoms with Gasteiger partial charge >= 0.3 is 5.97 Å². The molecule has 2 unspecified atom stereocenters. The number of carboxylic acids is 1. The fourth-order valence-electron chi connectivity index (χ4n) is 3.12. The van der Waals surface area contributed by atoms with Gasteiger partial charge in [0.1, 0.15) is 9.84 Å². The van der Waals surface area contributed by atoms with Crippen LogP contribution in [-0.2, 0) is 14.6 Å². The molecule has 0 aromatic carbocycles. The second-order valence-electron chi connectivity index (χ2n) is 5.69. The number of carbonyl (C=O) groups is 1. The van der Waals surface area contributed by atoms with Crippen molar-refractivity contribution in [3.8, 4) is 0 Å². The van der Waals surface area contributed by atoms with Crippen LogP contribution in [0.2, 0.25) is 0 Å². The van der Waals surface area contributed by atoms with Crippen molar-refractivity contribution >= 4 is 15.8 Å². The van der Waals surface area contributed by atoms with E-state index < -0.39 is 15.8 Å². The molecule has 1 heterocycles. The summed E-state index contributed by atoms with van der Waals surface area (Å²) in [5.74, 6) is -0.488. The highest BCUT2D eigenvalue weighted by Crippen LogP contribution is 2.32. The Labute approximate surface area is 108 Å². The minimum atomic E-state index is -2.93. The Morgan fingerprint density at radius 2 is 2.00 bits per heavy atom. The number of likely N-dealkylation sites (tertiary alicyclic amines) is 1. The number of rotatable bonds is 4. The predicted molar refractivity (Wildman–Crippen MR) is 68.2 cm³/mol. The first kappa shape index (κ1) is 13.8. The van der Waals surface area contributed by atoms with E-state index in [9.17, 15) is 13.2 Å². The van der Waals surface area contributed by atoms with Crippen molar-refractivity contribution in [1.29, 1.82) is 0 Å². The van der Waals surface area contributed by atoms with E-state index in [2.05, 4.69) is 4.90 Å². The van der Waals surface area contributed by atoms with Crippen molar-refractivity contribution in [3.05, 3.63) is 0 Å². The van der Waals surface area contributed by atoms with Crippen LogP contribution in [0.4, 0.5) is 0 Å². The Hall–Kier alpha value is -0.620. The molecule has 0 bridgehead atoms. The predicted octanol–water partition coefficient (Wildman–Crippen LogP) is 0.749. The molecule has 2 atom stereocenters. The topological polar surface area (TPSA) is 74.7 Å². The van der Waals surface area contributed by atoms with E-state index in [1.54, 1.807) is 0 Å². The number of sulfone groups is 1. The van der Waals surface area contributed by atoms with Gasteiger partial charge in [0.05, 0.1) is 11.7 Å². The molecule has 104 valence electrons. The highest BCUT2D eigenvalue weighted by molar-refractivity contribution is 7.91. The summed E-state index contributed by atoms with van der Waals surface area (Å²) in [5, 5.41) is 8.50. The average molecular weight is 275 g/mol. The van der Waals surface area contributed by atoms with Gasteiger partial charge in [0, 0.05) is 25.4 Å². The summed E-state index contributed by atoms with van der Waals surface area (Å²) in [6.07, 6.45) is 5.07. The first-order chi connectivity index (χ1) is 8.36. The van der Waals surface area contributed by atoms with Crippen LogP contribution in [0.25, 0.3) is 0 Å². The molecule has 1 aliphatic carbocycles. The number of hydrogen-bond acceptors (Lipinski definition) is 4. The van der Waals surface area contributed by atoms with E-state index in [1.807, 2.05) is 0 Å². The van der Waals surface area contributed by atoms with Crippen molar-refractivity contribution in [1.82, 2.24) is 4.90 Å². The summed E-state index contributed by atoms with van der Waals surface area (Å²) in [4.78, 5) is 12.8. The van der Waals surface area contributed by atoms with Crippen LogP contribution in [0, 0.1) is 5.92 Å². The molecule has 5 nitrogen and oxygen atoms in total. The lowest BCUT2D eigenvalue weighted by atomic mass is 9.87. The Morgan fingerprint density at radius 3 is 2.56 bits per heavy atom. The quantitative estimate of drug-likeness (QED) is 0.819. The molecule has 1 saturated carbocycles. The highest BCUT2D eigenvalue weighted by atomic mass is 32.2. The van der Waals surface area contributed by atoms with Crippen LogP contribution in [-0.4, -0.2) is 55.0 Å². The summed E-state index contributed by atoms with van der Waals surface area (Å²) in [7, 11) is -2.93. The van der Waals surface area contributed by atoms with Gasteiger partial charge in [0.15, 0.2) is 0 Å². The van der Waals surface area contributed by atoms with E-state index in [4.69, 9.17) is 5.11 Å². The zero-order chi connectivity index (χ0) is 13.3. The minimum absolute atomic E-state index is 0.199. The molecule has 0 radical (unpaired) electrons. The maximum atomic E-state index is 11.6. The largest absolute Gasteiger partial charge is 0.481 e. The molecule has 2 rings (SSSR count). The molecular formula is C12H21NO4S. The number of nitrogens with zero attached hydrogens (tertiary/aromatic N) is 1. The molecule has 0 aromatic rings. The third kappa shape index (κ3) is 3.23. The second-order valence-corrected chi connectivity index (χ2v) is 8.02. The van der Waals surface area contributed by atoms with Gasteiger partial charge < -0.3 is 5.11 Å². The molecule has 1 aliphatic heterocycles. The molecular weight excluding hydrogens is 254 g/mol. The number of hydrogen-bond donors (Lipinski definition) is 1. The van der Waals surface area contributed by atoms with Gasteiger partial charge in [-0.1, -0.05) is 6.42 Å². The van der Waals surface area contributed by atoms with Gasteiger partial charge in [-0.05, 0) is 25.2 Å². The Kier molecular flexibility index (Phi) is 3.96. The molecule has 1 N–H and O–H groups in total. The third-order valence-corrected chi connectivity index (χ3v) is 5.81. The van der Waals surface area contributed by atoms with Crippen LogP contribution < -0.4 is 0 Å². The highest BCUT2D eigenvalue weighted by Gasteiger charge is 2.37. The van der Waals surface area contributed by atoms with Gasteiger partial charge in [-0.2, -0.15) is 0 Å². The van der Waals surface area contributed by atoms with Gasteiger partial charge in [-0.15, -0.1) is 0 Å². The smallest absolute Gasteiger partial charge is 0.303 e. The lowest BCUT2D eigenvalue weighted by molar-refractivity contribution is -0.140. The summed E-state index contributed by atoms with van der Waals surface area (Å²) in [5.41, 5.74) is 0. The Balaban J connectivity index is 1.83. The summed E-state index contributed by atoms with van der Waals surface area (Å²) in [6, 6.07) is 0.337. The summed E-state index contributed by atoms with van der Waals surface area (Å²) >= 11 is 0. The Morgan fingerprint density at radius 1 is 1.33 bits per heavy atom. The van der Waals surface area contributed by atoms with Crippen molar-refractivity contribution in [3.63, 3.8) is 0 Å². The van der Waals surface area contributed by atoms with Crippen LogP contribution >= 0.6 is 0 Å². The van der Waals surface area contributed by atoms with Crippen molar-refractivity contribution in [2.45, 2.75) is 43.4 Å². The molecule has 2 fully saturated rings. The van der Waals surface area contributed by atoms with Gasteiger partial charge in [0.25, 0.3) is 0 Å². The SMILES string of the molecule is CS(=O)(=O)C1CCCC(N2CC(CC(=O)O)C2)C1. The maximum absolute atomic E-state index is 11.6. The van der Waals surface area contributed by atoms with Crippen LogP contribution in [0.3, 0.4) is 0 Å². The zero-order valence-corrected chi connectivity index (χ0v) is 11.5. The molecule has 1 saturated heterocycles. The fourth-order valence-corrected chi connectivity index (χ4v) is 4.29. The summed E-state index contributed by atoms with van der Waals surface area (Å²) in [6.45, 7) is 1.63. The van der Waals surface area contributed by atoms with Crippen LogP contribution in [0.15, 0.2) is 0 Å². The maximum Gasteiger partial charge on any atom is 0.303 e. The van der Waals surface area contributed by atoms with E-state index in [0.717, 1.165) is 38.8 Å². The number of carboxylic acid groups (broad SMARTS) is 1. The van der Waals surface area contributed by atoms with Crippen LogP contribution in [0.1, 0.15) is 32.1 Å². The van der Waals surface area contributed by atoms with Crippen molar-refractivity contribution < 1.29 is 18.3 Å². The summed E-state index contributed by atoms with van der Waals surface area (Å²) < 4.78 is 23.1. The second kappa shape index (κ2) is 5.17. The number of aliphatic carboxylic acids is 1. The van der Waals surface area contributed by atoms with Gasteiger partial charge in [-0.3, -0.25) is 9.69 Å². The first-order valence-corrected chi connectivity index (χ1v) is 8.46. The third-order valence-electron chi connectivity index (χ3n) is 4.17. The van der Waals surface area contributed by atoms with Crippen molar-refractivity contribution in [2.75, 3.05) is 19.3 Å². The lowest BCUT2D eigenvalue weighted by Crippen LogP contribution is -2.54. The average Bonchev–Trinajstić information content (AvgIpc) is 2.21. The Bertz CT molecular complexity index is 414. The minimum Gasteiger partial charge on any atom is -0.481 e. The fraction of sp³-hybridized carbons (Fsp3) is 0.917. The molecule has 18 heavy (non-hydrogen) atoms. The molecule has 0 aromatic heterocycles. The van der Waals surface area contributed by atoms with Crippen LogP contribution in [0.5, 0.6) is 0 Å². The van der Waals surface area contributed by atoms with Gasteiger partial charge in [-0.25, -0.2) is 8.42 Å². The van der Waals surface area contributed by atoms with E-state index in [-0.39, 0.29) is 17.6 Å². The molecule has 0 amide bonds. The normalized spacial score (nSPS) is 30.9. The molecule has 0 spiro atoms. The van der Waals surface area contributed by atoms with Crippen molar-refractivity contribution in [2.24, 2.45) is 5.92 Å². The standard InChI is InChI=1S/C12H21NO4S/c1-18(16,17)11-4-2-3-10(6-11)13-7-9(8-13)5-12(14)15/h9-11H,2-8H2,1H3,(H,14,15). The van der Waals surface area contributed by atoms with Gasteiger partial charge in [0.2, 0.25) is 0 Å².